The van der Waals surface area contributed by atoms with Gasteiger partial charge in [0.25, 0.3) is 0 Å². The van der Waals surface area contributed by atoms with Crippen LogP contribution in [0.25, 0.3) is 43.1 Å². The molecule has 204 valence electrons. The number of fused-ring (bicyclic) bond motifs is 6. The molecule has 0 aliphatic heterocycles. The number of hydrogen-bond acceptors (Lipinski definition) is 2. The zero-order valence-corrected chi connectivity index (χ0v) is 23.9. The molecule has 0 radical (unpaired) electrons. The molecule has 0 N–H and O–H groups in total. The second kappa shape index (κ2) is 10.3. The van der Waals surface area contributed by atoms with Crippen molar-refractivity contribution in [3.63, 3.8) is 0 Å². The van der Waals surface area contributed by atoms with E-state index in [2.05, 4.69) is 139 Å². The number of para-hydroxylation sites is 2. The molecule has 0 aliphatic rings. The molecule has 0 aromatic heterocycles. The second-order valence-corrected chi connectivity index (χ2v) is 11.1. The van der Waals surface area contributed by atoms with Crippen molar-refractivity contribution in [2.45, 2.75) is 6.92 Å². The Morgan fingerprint density at radius 2 is 1.02 bits per heavy atom. The van der Waals surface area contributed by atoms with E-state index in [-0.39, 0.29) is 0 Å². The monoisotopic (exact) mass is 551 g/mol. The van der Waals surface area contributed by atoms with E-state index in [4.69, 9.17) is 4.74 Å². The molecule has 8 rings (SSSR count). The van der Waals surface area contributed by atoms with Gasteiger partial charge in [-0.3, -0.25) is 0 Å². The van der Waals surface area contributed by atoms with Crippen LogP contribution in [-0.2, 0) is 0 Å². The van der Waals surface area contributed by atoms with Crippen LogP contribution < -0.4 is 9.64 Å². The molecule has 2 nitrogen and oxygen atoms in total. The van der Waals surface area contributed by atoms with Gasteiger partial charge in [0.15, 0.2) is 0 Å². The van der Waals surface area contributed by atoms with E-state index >= 15 is 0 Å². The van der Waals surface area contributed by atoms with Gasteiger partial charge in [-0.15, -0.1) is 0 Å². The lowest BCUT2D eigenvalue weighted by Crippen LogP contribution is -2.09. The molecule has 43 heavy (non-hydrogen) atoms. The summed E-state index contributed by atoms with van der Waals surface area (Å²) in [6, 6.07) is 56.0. The normalized spacial score (nSPS) is 11.4. The Morgan fingerprint density at radius 1 is 0.419 bits per heavy atom. The number of anilines is 3. The van der Waals surface area contributed by atoms with Crippen LogP contribution in [0, 0.1) is 6.92 Å². The van der Waals surface area contributed by atoms with Gasteiger partial charge < -0.3 is 9.64 Å². The van der Waals surface area contributed by atoms with E-state index in [0.717, 1.165) is 39.5 Å². The summed E-state index contributed by atoms with van der Waals surface area (Å²) < 4.78 is 6.22. The summed E-state index contributed by atoms with van der Waals surface area (Å²) in [5.74, 6) is 1.72. The maximum Gasteiger partial charge on any atom is 0.130 e. The Hall–Kier alpha value is -5.60. The van der Waals surface area contributed by atoms with Gasteiger partial charge in [0.2, 0.25) is 0 Å². The van der Waals surface area contributed by atoms with Crippen molar-refractivity contribution in [1.29, 1.82) is 0 Å². The minimum absolute atomic E-state index is 0.842. The fraction of sp³-hybridized carbons (Fsp3) is 0.0244. The molecule has 0 heterocycles. The van der Waals surface area contributed by atoms with Gasteiger partial charge in [-0.05, 0) is 116 Å². The Morgan fingerprint density at radius 3 is 1.84 bits per heavy atom. The third-order valence-electron chi connectivity index (χ3n) is 8.33. The van der Waals surface area contributed by atoms with Crippen molar-refractivity contribution < 1.29 is 4.74 Å². The summed E-state index contributed by atoms with van der Waals surface area (Å²) in [6.45, 7) is 2.11. The minimum Gasteiger partial charge on any atom is -0.457 e. The van der Waals surface area contributed by atoms with Crippen LogP contribution in [0.15, 0.2) is 158 Å². The fourth-order valence-electron chi connectivity index (χ4n) is 6.23. The van der Waals surface area contributed by atoms with E-state index in [1.165, 1.54) is 37.7 Å². The Labute approximate surface area is 251 Å². The summed E-state index contributed by atoms with van der Waals surface area (Å²) in [6.07, 6.45) is 0. The van der Waals surface area contributed by atoms with E-state index in [0.29, 0.717) is 0 Å². The second-order valence-electron chi connectivity index (χ2n) is 11.1. The maximum atomic E-state index is 6.22. The molecule has 8 aromatic rings. The Balaban J connectivity index is 1.26. The molecule has 0 aliphatic carbocycles. The zero-order chi connectivity index (χ0) is 28.8. The molecule has 0 atom stereocenters. The first-order valence-corrected chi connectivity index (χ1v) is 14.7. The number of ether oxygens (including phenoxy) is 1. The van der Waals surface area contributed by atoms with Gasteiger partial charge in [-0.25, -0.2) is 0 Å². The third-order valence-corrected chi connectivity index (χ3v) is 8.33. The summed E-state index contributed by atoms with van der Waals surface area (Å²) in [5, 5.41) is 9.94. The van der Waals surface area contributed by atoms with Crippen molar-refractivity contribution in [2.24, 2.45) is 0 Å². The summed E-state index contributed by atoms with van der Waals surface area (Å²) in [4.78, 5) is 2.34. The molecule has 0 unspecified atom stereocenters. The van der Waals surface area contributed by atoms with Crippen LogP contribution in [0.5, 0.6) is 11.5 Å². The zero-order valence-electron chi connectivity index (χ0n) is 23.9. The smallest absolute Gasteiger partial charge is 0.130 e. The molecular formula is C41H29NO. The first-order valence-electron chi connectivity index (χ1n) is 14.7. The predicted octanol–water partition coefficient (Wildman–Crippen LogP) is 11.9. The van der Waals surface area contributed by atoms with Crippen LogP contribution in [-0.4, -0.2) is 0 Å². The average Bonchev–Trinajstić information content (AvgIpc) is 3.06. The van der Waals surface area contributed by atoms with E-state index in [1.807, 2.05) is 30.3 Å². The van der Waals surface area contributed by atoms with Crippen LogP contribution in [0.2, 0.25) is 0 Å². The Kier molecular flexibility index (Phi) is 6.05. The Bertz CT molecular complexity index is 2270. The largest absolute Gasteiger partial charge is 0.457 e. The SMILES string of the molecule is Cc1cc2cc(N(c3ccccc3)c3ccc4c(ccc5ccc6ccccc6c54)c3)ccc2cc1Oc1ccccc1. The van der Waals surface area contributed by atoms with E-state index in [1.54, 1.807) is 0 Å². The molecule has 2 heteroatoms. The van der Waals surface area contributed by atoms with Gasteiger partial charge in [0.1, 0.15) is 11.5 Å². The molecule has 0 fully saturated rings. The van der Waals surface area contributed by atoms with Crippen LogP contribution in [0.4, 0.5) is 17.1 Å². The highest BCUT2D eigenvalue weighted by molar-refractivity contribution is 6.20. The molecule has 0 bridgehead atoms. The van der Waals surface area contributed by atoms with E-state index < -0.39 is 0 Å². The van der Waals surface area contributed by atoms with Gasteiger partial charge >= 0.3 is 0 Å². The number of rotatable bonds is 5. The number of hydrogen-bond donors (Lipinski definition) is 0. The summed E-state index contributed by atoms with van der Waals surface area (Å²) >= 11 is 0. The maximum absolute atomic E-state index is 6.22. The number of aryl methyl sites for hydroxylation is 1. The summed E-state index contributed by atoms with van der Waals surface area (Å²) in [5.41, 5.74) is 4.46. The van der Waals surface area contributed by atoms with Gasteiger partial charge in [-0.2, -0.15) is 0 Å². The third kappa shape index (κ3) is 4.54. The predicted molar refractivity (Wildman–Crippen MR) is 182 cm³/mol. The van der Waals surface area contributed by atoms with Gasteiger partial charge in [0, 0.05) is 17.1 Å². The summed E-state index contributed by atoms with van der Waals surface area (Å²) in [7, 11) is 0. The molecule has 0 saturated carbocycles. The lowest BCUT2D eigenvalue weighted by atomic mass is 9.96. The molecule has 8 aromatic carbocycles. The van der Waals surface area contributed by atoms with Gasteiger partial charge in [0.05, 0.1) is 0 Å². The highest BCUT2D eigenvalue weighted by atomic mass is 16.5. The fourth-order valence-corrected chi connectivity index (χ4v) is 6.23. The lowest BCUT2D eigenvalue weighted by Gasteiger charge is -2.26. The lowest BCUT2D eigenvalue weighted by molar-refractivity contribution is 0.480. The van der Waals surface area contributed by atoms with Crippen molar-refractivity contribution in [2.75, 3.05) is 4.90 Å². The number of nitrogens with zero attached hydrogens (tertiary/aromatic N) is 1. The number of benzene rings is 8. The van der Waals surface area contributed by atoms with Crippen LogP contribution >= 0.6 is 0 Å². The standard InChI is InChI=1S/C41H29NO/c1-28-24-33-26-35(21-20-31(33)27-40(28)43-37-13-6-3-7-14-37)42(34-11-4-2-5-12-34)36-22-23-39-32(25-36)19-18-30-17-16-29-10-8-9-15-38(29)41(30)39/h2-27H,1H3. The topological polar surface area (TPSA) is 12.5 Å². The first kappa shape index (κ1) is 25.1. The molecular weight excluding hydrogens is 522 g/mol. The molecule has 0 amide bonds. The molecule has 0 spiro atoms. The highest BCUT2D eigenvalue weighted by Gasteiger charge is 2.15. The quantitative estimate of drug-likeness (QED) is 0.197. The molecule has 0 saturated heterocycles. The first-order chi connectivity index (χ1) is 21.2. The highest BCUT2D eigenvalue weighted by Crippen LogP contribution is 2.40. The van der Waals surface area contributed by atoms with E-state index in [9.17, 15) is 0 Å². The average molecular weight is 552 g/mol. The van der Waals surface area contributed by atoms with Crippen molar-refractivity contribution in [1.82, 2.24) is 0 Å². The van der Waals surface area contributed by atoms with Crippen molar-refractivity contribution >= 4 is 60.2 Å². The van der Waals surface area contributed by atoms with Crippen LogP contribution in [0.3, 0.4) is 0 Å². The van der Waals surface area contributed by atoms with Gasteiger partial charge in [-0.1, -0.05) is 97.1 Å². The van der Waals surface area contributed by atoms with Crippen molar-refractivity contribution in [3.8, 4) is 11.5 Å². The van der Waals surface area contributed by atoms with Crippen LogP contribution in [0.1, 0.15) is 5.56 Å². The van der Waals surface area contributed by atoms with Crippen molar-refractivity contribution in [3.05, 3.63) is 163 Å². The minimum atomic E-state index is 0.842.